The number of amides is 1. The number of carbonyl (C=O) groups is 2. The van der Waals surface area contributed by atoms with Crippen molar-refractivity contribution in [2.24, 2.45) is 0 Å². The van der Waals surface area contributed by atoms with E-state index >= 15 is 0 Å². The highest BCUT2D eigenvalue weighted by Crippen LogP contribution is 2.40. The largest absolute Gasteiger partial charge is 0.507 e. The maximum Gasteiger partial charge on any atom is 0.295 e. The van der Waals surface area contributed by atoms with E-state index in [1.807, 2.05) is 19.0 Å². The molecule has 0 bridgehead atoms. The molecule has 1 saturated heterocycles. The first-order valence-electron chi connectivity index (χ1n) is 9.58. The zero-order valence-electron chi connectivity index (χ0n) is 17.5. The van der Waals surface area contributed by atoms with E-state index in [9.17, 15) is 14.7 Å². The van der Waals surface area contributed by atoms with E-state index in [1.165, 1.54) is 25.4 Å². The SMILES string of the molecule is COc1ccc(C(O)=C2C(=O)C(=O)N(CCCN(C)C)[C@H]2c2ccco2)cc1OC. The summed E-state index contributed by atoms with van der Waals surface area (Å²) in [4.78, 5) is 29.1. The summed E-state index contributed by atoms with van der Waals surface area (Å²) >= 11 is 0. The average molecular weight is 414 g/mol. The van der Waals surface area contributed by atoms with Gasteiger partial charge in [0, 0.05) is 12.1 Å². The first-order valence-corrected chi connectivity index (χ1v) is 9.58. The molecule has 0 radical (unpaired) electrons. The zero-order valence-corrected chi connectivity index (χ0v) is 17.5. The molecule has 1 aliphatic heterocycles. The van der Waals surface area contributed by atoms with Crippen molar-refractivity contribution in [1.29, 1.82) is 0 Å². The number of aliphatic hydroxyl groups is 1. The van der Waals surface area contributed by atoms with Gasteiger partial charge in [-0.15, -0.1) is 0 Å². The van der Waals surface area contributed by atoms with Gasteiger partial charge in [0.25, 0.3) is 11.7 Å². The molecule has 1 aromatic heterocycles. The summed E-state index contributed by atoms with van der Waals surface area (Å²) in [5.74, 6) is -0.380. The standard InChI is InChI=1S/C22H26N2O6/c1-23(2)10-6-11-24-19(16-7-5-12-30-16)18(21(26)22(24)27)20(25)14-8-9-15(28-3)17(13-14)29-4/h5,7-9,12-13,19,25H,6,10-11H2,1-4H3/t19-/m0/s1. The Labute approximate surface area is 175 Å². The molecule has 1 aromatic carbocycles. The molecule has 8 heteroatoms. The van der Waals surface area contributed by atoms with Crippen LogP contribution in [0, 0.1) is 0 Å². The number of ether oxygens (including phenoxy) is 2. The number of furan rings is 1. The molecule has 0 saturated carbocycles. The second-order valence-electron chi connectivity index (χ2n) is 7.23. The minimum absolute atomic E-state index is 0.00739. The van der Waals surface area contributed by atoms with Crippen LogP contribution in [0.3, 0.4) is 0 Å². The average Bonchev–Trinajstić information content (AvgIpc) is 3.35. The monoisotopic (exact) mass is 414 g/mol. The molecular formula is C22H26N2O6. The summed E-state index contributed by atoms with van der Waals surface area (Å²) in [5, 5.41) is 11.0. The molecule has 30 heavy (non-hydrogen) atoms. The van der Waals surface area contributed by atoms with Crippen LogP contribution in [0.25, 0.3) is 5.76 Å². The number of Topliss-reactive ketones (excluding diaryl/α,β-unsaturated/α-hetero) is 1. The number of hydrogen-bond acceptors (Lipinski definition) is 7. The quantitative estimate of drug-likeness (QED) is 0.403. The molecule has 1 N–H and O–H groups in total. The van der Waals surface area contributed by atoms with Gasteiger partial charge in [0.2, 0.25) is 0 Å². The van der Waals surface area contributed by atoms with Crippen LogP contribution >= 0.6 is 0 Å². The van der Waals surface area contributed by atoms with E-state index < -0.39 is 17.7 Å². The van der Waals surface area contributed by atoms with Gasteiger partial charge in [-0.2, -0.15) is 0 Å². The lowest BCUT2D eigenvalue weighted by Crippen LogP contribution is -2.32. The second kappa shape index (κ2) is 9.04. The smallest absolute Gasteiger partial charge is 0.295 e. The molecule has 2 aromatic rings. The first-order chi connectivity index (χ1) is 14.4. The second-order valence-corrected chi connectivity index (χ2v) is 7.23. The van der Waals surface area contributed by atoms with E-state index in [2.05, 4.69) is 0 Å². The van der Waals surface area contributed by atoms with E-state index in [1.54, 1.807) is 30.3 Å². The minimum Gasteiger partial charge on any atom is -0.507 e. The van der Waals surface area contributed by atoms with Crippen LogP contribution in [0.5, 0.6) is 11.5 Å². The van der Waals surface area contributed by atoms with Gasteiger partial charge in [0.05, 0.1) is 26.1 Å². The lowest BCUT2D eigenvalue weighted by atomic mass is 9.99. The summed E-state index contributed by atoms with van der Waals surface area (Å²) in [6, 6.07) is 7.38. The van der Waals surface area contributed by atoms with Crippen molar-refractivity contribution in [3.05, 3.63) is 53.5 Å². The predicted octanol–water partition coefficient (Wildman–Crippen LogP) is 2.67. The highest BCUT2D eigenvalue weighted by molar-refractivity contribution is 6.46. The molecule has 3 rings (SSSR count). The molecule has 1 amide bonds. The minimum atomic E-state index is -0.796. The van der Waals surface area contributed by atoms with E-state index in [0.717, 1.165) is 6.54 Å². The van der Waals surface area contributed by atoms with Gasteiger partial charge >= 0.3 is 0 Å². The Morgan fingerprint density at radius 2 is 1.90 bits per heavy atom. The summed E-state index contributed by atoms with van der Waals surface area (Å²) in [7, 11) is 6.87. The number of nitrogens with zero attached hydrogens (tertiary/aromatic N) is 2. The van der Waals surface area contributed by atoms with Crippen LogP contribution in [0.2, 0.25) is 0 Å². The highest BCUT2D eigenvalue weighted by Gasteiger charge is 2.47. The Morgan fingerprint density at radius 3 is 2.50 bits per heavy atom. The fraction of sp³-hybridized carbons (Fsp3) is 0.364. The molecule has 0 spiro atoms. The number of aliphatic hydroxyl groups excluding tert-OH is 1. The van der Waals surface area contributed by atoms with E-state index in [0.29, 0.717) is 35.8 Å². The number of carbonyl (C=O) groups excluding carboxylic acids is 2. The zero-order chi connectivity index (χ0) is 21.8. The van der Waals surface area contributed by atoms with Gasteiger partial charge in [-0.1, -0.05) is 0 Å². The Hall–Kier alpha value is -3.26. The lowest BCUT2D eigenvalue weighted by molar-refractivity contribution is -0.140. The first kappa shape index (κ1) is 21.4. The van der Waals surface area contributed by atoms with Crippen LogP contribution in [0.4, 0.5) is 0 Å². The number of likely N-dealkylation sites (tertiary alicyclic amines) is 1. The van der Waals surface area contributed by atoms with E-state index in [-0.39, 0.29) is 11.3 Å². The van der Waals surface area contributed by atoms with Crippen molar-refractivity contribution in [3.63, 3.8) is 0 Å². The van der Waals surface area contributed by atoms with Crippen LogP contribution < -0.4 is 9.47 Å². The van der Waals surface area contributed by atoms with Crippen molar-refractivity contribution in [2.75, 3.05) is 41.4 Å². The third-order valence-corrected chi connectivity index (χ3v) is 5.01. The van der Waals surface area contributed by atoms with Crippen LogP contribution in [0.15, 0.2) is 46.6 Å². The normalized spacial score (nSPS) is 18.3. The Morgan fingerprint density at radius 1 is 1.17 bits per heavy atom. The third-order valence-electron chi connectivity index (χ3n) is 5.01. The Balaban J connectivity index is 2.06. The summed E-state index contributed by atoms with van der Waals surface area (Å²) in [6.45, 7) is 1.11. The fourth-order valence-electron chi connectivity index (χ4n) is 3.55. The van der Waals surface area contributed by atoms with Crippen LogP contribution in [0.1, 0.15) is 23.8 Å². The molecular weight excluding hydrogens is 388 g/mol. The lowest BCUT2D eigenvalue weighted by Gasteiger charge is -2.24. The molecule has 1 atom stereocenters. The predicted molar refractivity (Wildman–Crippen MR) is 110 cm³/mol. The van der Waals surface area contributed by atoms with Crippen molar-refractivity contribution >= 4 is 17.4 Å². The maximum atomic E-state index is 12.9. The van der Waals surface area contributed by atoms with E-state index in [4.69, 9.17) is 13.9 Å². The van der Waals surface area contributed by atoms with Crippen molar-refractivity contribution in [3.8, 4) is 11.5 Å². The number of benzene rings is 1. The van der Waals surface area contributed by atoms with Gasteiger partial charge in [-0.05, 0) is 57.4 Å². The Kier molecular flexibility index (Phi) is 6.47. The number of methoxy groups -OCH3 is 2. The van der Waals surface area contributed by atoms with Gasteiger partial charge in [-0.3, -0.25) is 9.59 Å². The molecule has 8 nitrogen and oxygen atoms in total. The van der Waals surface area contributed by atoms with Crippen molar-refractivity contribution in [1.82, 2.24) is 9.80 Å². The van der Waals surface area contributed by atoms with Gasteiger partial charge in [0.15, 0.2) is 11.5 Å². The molecule has 2 heterocycles. The van der Waals surface area contributed by atoms with Crippen molar-refractivity contribution in [2.45, 2.75) is 12.5 Å². The molecule has 1 fully saturated rings. The Bertz CT molecular complexity index is 949. The van der Waals surface area contributed by atoms with Crippen LogP contribution in [-0.2, 0) is 9.59 Å². The van der Waals surface area contributed by atoms with Gasteiger partial charge < -0.3 is 28.8 Å². The van der Waals surface area contributed by atoms with Crippen LogP contribution in [-0.4, -0.2) is 68.0 Å². The molecule has 0 aliphatic carbocycles. The summed E-state index contributed by atoms with van der Waals surface area (Å²) in [6.07, 6.45) is 2.15. The van der Waals surface area contributed by atoms with Gasteiger partial charge in [0.1, 0.15) is 17.6 Å². The summed E-state index contributed by atoms with van der Waals surface area (Å²) in [5.41, 5.74) is 0.336. The van der Waals surface area contributed by atoms with Gasteiger partial charge in [-0.25, -0.2) is 0 Å². The summed E-state index contributed by atoms with van der Waals surface area (Å²) < 4.78 is 16.0. The molecule has 0 unspecified atom stereocenters. The topological polar surface area (TPSA) is 92.5 Å². The molecule has 160 valence electrons. The fourth-order valence-corrected chi connectivity index (χ4v) is 3.55. The third kappa shape index (κ3) is 4.04. The van der Waals surface area contributed by atoms with Crippen molar-refractivity contribution < 1.29 is 28.6 Å². The number of hydrogen-bond donors (Lipinski definition) is 1. The maximum absolute atomic E-state index is 12.9. The number of ketones is 1. The highest BCUT2D eigenvalue weighted by atomic mass is 16.5. The number of rotatable bonds is 8. The molecule has 1 aliphatic rings.